The number of carbonyl (C=O) groups is 3. The third-order valence-corrected chi connectivity index (χ3v) is 8.53. The van der Waals surface area contributed by atoms with Gasteiger partial charge >= 0.3 is 12.1 Å². The van der Waals surface area contributed by atoms with E-state index in [9.17, 15) is 23.6 Å². The molecule has 3 aromatic carbocycles. The zero-order chi connectivity index (χ0) is 36.1. The van der Waals surface area contributed by atoms with Crippen LogP contribution in [0.5, 0.6) is 11.5 Å². The number of nitrogens with zero attached hydrogens (tertiary/aromatic N) is 5. The molecule has 1 fully saturated rings. The molecule has 0 spiro atoms. The summed E-state index contributed by atoms with van der Waals surface area (Å²) in [5.41, 5.74) is 0.565. The maximum Gasteiger partial charge on any atom is 0.407 e. The Bertz CT molecular complexity index is 1950. The number of hydrogen-bond acceptors (Lipinski definition) is 9. The minimum absolute atomic E-state index is 0.192. The second-order valence-electron chi connectivity index (χ2n) is 11.4. The topological polar surface area (TPSA) is 148 Å². The highest BCUT2D eigenvalue weighted by molar-refractivity contribution is 6.31. The number of anilines is 2. The number of ether oxygens (including phenoxy) is 3. The first-order chi connectivity index (χ1) is 23.9. The van der Waals surface area contributed by atoms with Gasteiger partial charge in [-0.25, -0.2) is 23.6 Å². The van der Waals surface area contributed by atoms with E-state index in [4.69, 9.17) is 26.1 Å². The van der Waals surface area contributed by atoms with Gasteiger partial charge in [0.05, 0.1) is 57.1 Å². The van der Waals surface area contributed by atoms with Crippen molar-refractivity contribution < 1.29 is 33.0 Å². The molecule has 0 saturated carbocycles. The van der Waals surface area contributed by atoms with Gasteiger partial charge < -0.3 is 34.8 Å². The molecule has 1 saturated heterocycles. The minimum atomic E-state index is -0.933. The summed E-state index contributed by atoms with van der Waals surface area (Å²) >= 11 is 6.32. The molecular formula is C34H37ClFN7O7. The van der Waals surface area contributed by atoms with Crippen molar-refractivity contribution in [2.45, 2.75) is 25.9 Å². The summed E-state index contributed by atoms with van der Waals surface area (Å²) in [5, 5.41) is 7.71. The molecule has 4 amide bonds. The molecule has 50 heavy (non-hydrogen) atoms. The standard InChI is InChI=1S/C34H37ClFN7O7/c1-20(37-34(47)50-5)31(44)40-14-16-41(17-15-40)43-30(39-27-18-22(35)6-12-26(27)32(43)45)21(2)42(28-13-11-25(48-3)19-29(28)49-4)33(46)38-24-9-7-23(36)8-10-24/h6-13,18-21H,14-17H2,1-5H3,(H,37,47)(H,38,46)/t20-,21-/m0/s1. The Morgan fingerprint density at radius 3 is 2.28 bits per heavy atom. The first-order valence-corrected chi connectivity index (χ1v) is 16.0. The van der Waals surface area contributed by atoms with E-state index < -0.39 is 35.6 Å². The number of benzene rings is 3. The number of rotatable bonds is 9. The number of hydrogen-bond donors (Lipinski definition) is 2. The van der Waals surface area contributed by atoms with Gasteiger partial charge in [-0.1, -0.05) is 11.6 Å². The smallest absolute Gasteiger partial charge is 0.407 e. The average Bonchev–Trinajstić information content (AvgIpc) is 3.12. The summed E-state index contributed by atoms with van der Waals surface area (Å²) in [6.45, 7) is 4.18. The van der Waals surface area contributed by atoms with Crippen molar-refractivity contribution in [3.63, 3.8) is 0 Å². The fourth-order valence-electron chi connectivity index (χ4n) is 5.71. The molecule has 0 radical (unpaired) electrons. The van der Waals surface area contributed by atoms with E-state index in [0.717, 1.165) is 0 Å². The van der Waals surface area contributed by atoms with Gasteiger partial charge in [0.15, 0.2) is 5.82 Å². The van der Waals surface area contributed by atoms with Crippen molar-refractivity contribution in [3.05, 3.63) is 87.7 Å². The second-order valence-corrected chi connectivity index (χ2v) is 11.8. The van der Waals surface area contributed by atoms with Crippen LogP contribution in [-0.2, 0) is 9.53 Å². The zero-order valence-corrected chi connectivity index (χ0v) is 28.9. The number of aromatic nitrogens is 2. The van der Waals surface area contributed by atoms with Crippen LogP contribution in [0.4, 0.5) is 25.4 Å². The molecule has 1 aliphatic heterocycles. The van der Waals surface area contributed by atoms with Crippen LogP contribution in [0.3, 0.4) is 0 Å². The van der Waals surface area contributed by atoms with Gasteiger partial charge in [0.2, 0.25) is 5.91 Å². The number of halogens is 2. The third-order valence-electron chi connectivity index (χ3n) is 8.30. The van der Waals surface area contributed by atoms with Crippen LogP contribution in [0.1, 0.15) is 25.7 Å². The van der Waals surface area contributed by atoms with E-state index >= 15 is 0 Å². The highest BCUT2D eigenvalue weighted by Crippen LogP contribution is 2.37. The van der Waals surface area contributed by atoms with Crippen LogP contribution in [0, 0.1) is 5.82 Å². The quantitative estimate of drug-likeness (QED) is 0.256. The normalized spacial score (nSPS) is 14.1. The molecule has 2 atom stereocenters. The van der Waals surface area contributed by atoms with Crippen molar-refractivity contribution in [1.29, 1.82) is 0 Å². The first kappa shape index (κ1) is 35.7. The van der Waals surface area contributed by atoms with Crippen molar-refractivity contribution in [1.82, 2.24) is 19.9 Å². The van der Waals surface area contributed by atoms with E-state index in [1.165, 1.54) is 55.2 Å². The van der Waals surface area contributed by atoms with E-state index in [1.807, 2.05) is 0 Å². The number of amides is 4. The molecule has 16 heteroatoms. The second kappa shape index (κ2) is 15.3. The molecule has 1 aromatic heterocycles. The lowest BCUT2D eigenvalue weighted by Gasteiger charge is -2.39. The predicted molar refractivity (Wildman–Crippen MR) is 186 cm³/mol. The van der Waals surface area contributed by atoms with Crippen molar-refractivity contribution in [2.24, 2.45) is 0 Å². The summed E-state index contributed by atoms with van der Waals surface area (Å²) in [7, 11) is 4.17. The van der Waals surface area contributed by atoms with E-state index in [0.29, 0.717) is 38.8 Å². The van der Waals surface area contributed by atoms with Crippen LogP contribution in [-0.4, -0.2) is 86.1 Å². The highest BCUT2D eigenvalue weighted by Gasteiger charge is 2.33. The molecule has 0 unspecified atom stereocenters. The van der Waals surface area contributed by atoms with Gasteiger partial charge in [-0.05, 0) is 68.4 Å². The summed E-state index contributed by atoms with van der Waals surface area (Å²) < 4.78 is 30.8. The van der Waals surface area contributed by atoms with Gasteiger partial charge in [-0.15, -0.1) is 0 Å². The monoisotopic (exact) mass is 709 g/mol. The van der Waals surface area contributed by atoms with Gasteiger partial charge in [-0.3, -0.25) is 14.5 Å². The molecule has 0 bridgehead atoms. The molecule has 14 nitrogen and oxygen atoms in total. The molecular weight excluding hydrogens is 673 g/mol. The molecule has 5 rings (SSSR count). The Balaban J connectivity index is 1.59. The number of urea groups is 1. The van der Waals surface area contributed by atoms with Gasteiger partial charge in [0, 0.05) is 29.9 Å². The molecule has 0 aliphatic carbocycles. The fourth-order valence-corrected chi connectivity index (χ4v) is 5.87. The fraction of sp³-hybridized carbons (Fsp3) is 0.324. The van der Waals surface area contributed by atoms with Crippen LogP contribution in [0.25, 0.3) is 10.9 Å². The maximum atomic E-state index is 14.3. The van der Waals surface area contributed by atoms with Gasteiger partial charge in [-0.2, -0.15) is 0 Å². The number of carbonyl (C=O) groups excluding carboxylic acids is 3. The SMILES string of the molecule is COC(=O)N[C@@H](C)C(=O)N1CCN(n2c([C@H](C)N(C(=O)Nc3ccc(F)cc3)c3ccc(OC)cc3OC)nc3cc(Cl)ccc3c2=O)CC1. The molecule has 2 heterocycles. The Labute approximate surface area is 292 Å². The lowest BCUT2D eigenvalue weighted by Crippen LogP contribution is -2.59. The number of fused-ring (bicyclic) bond motifs is 1. The number of alkyl carbamates (subject to hydrolysis) is 1. The van der Waals surface area contributed by atoms with Crippen LogP contribution in [0.15, 0.2) is 65.5 Å². The maximum absolute atomic E-state index is 14.3. The molecule has 4 aromatic rings. The van der Waals surface area contributed by atoms with E-state index in [-0.39, 0.29) is 37.9 Å². The van der Waals surface area contributed by atoms with Gasteiger partial charge in [0.1, 0.15) is 23.4 Å². The van der Waals surface area contributed by atoms with Crippen LogP contribution in [0.2, 0.25) is 5.02 Å². The zero-order valence-electron chi connectivity index (χ0n) is 28.1. The largest absolute Gasteiger partial charge is 0.497 e. The number of nitrogens with one attached hydrogen (secondary N) is 2. The van der Waals surface area contributed by atoms with Crippen molar-refractivity contribution in [2.75, 3.05) is 62.7 Å². The molecule has 2 N–H and O–H groups in total. The predicted octanol–water partition coefficient (Wildman–Crippen LogP) is 4.53. The van der Waals surface area contributed by atoms with E-state index in [2.05, 4.69) is 15.4 Å². The van der Waals surface area contributed by atoms with Crippen LogP contribution < -0.4 is 35.6 Å². The lowest BCUT2D eigenvalue weighted by atomic mass is 10.1. The van der Waals surface area contributed by atoms with Crippen LogP contribution >= 0.6 is 11.6 Å². The first-order valence-electron chi connectivity index (χ1n) is 15.6. The number of methoxy groups -OCH3 is 3. The summed E-state index contributed by atoms with van der Waals surface area (Å²) in [4.78, 5) is 61.1. The summed E-state index contributed by atoms with van der Waals surface area (Å²) in [6, 6.07) is 12.6. The van der Waals surface area contributed by atoms with Gasteiger partial charge in [0.25, 0.3) is 5.56 Å². The highest BCUT2D eigenvalue weighted by atomic mass is 35.5. The summed E-state index contributed by atoms with van der Waals surface area (Å²) in [6.07, 6.45) is -0.724. The lowest BCUT2D eigenvalue weighted by molar-refractivity contribution is -0.133. The molecule has 264 valence electrons. The van der Waals surface area contributed by atoms with E-state index in [1.54, 1.807) is 60.2 Å². The third kappa shape index (κ3) is 7.52. The Hall–Kier alpha value is -5.57. The Morgan fingerprint density at radius 1 is 0.940 bits per heavy atom. The van der Waals surface area contributed by atoms with Crippen molar-refractivity contribution >= 4 is 51.9 Å². The van der Waals surface area contributed by atoms with Crippen molar-refractivity contribution in [3.8, 4) is 11.5 Å². The molecule has 1 aliphatic rings. The minimum Gasteiger partial charge on any atom is -0.497 e. The average molecular weight is 710 g/mol. The summed E-state index contributed by atoms with van der Waals surface area (Å²) in [5.74, 6) is 0.194. The Kier molecular flexibility index (Phi) is 11.0. The number of piperazine rings is 1. The Morgan fingerprint density at radius 2 is 1.64 bits per heavy atom.